The maximum absolute atomic E-state index is 12.7. The second-order valence-electron chi connectivity index (χ2n) is 5.11. The molecule has 1 atom stereocenters. The SMILES string of the molecule is Cc1ccc(C(=O)N2CCCCC2CCBr)c(Br)c1. The Morgan fingerprint density at radius 1 is 1.42 bits per heavy atom. The van der Waals surface area contributed by atoms with E-state index < -0.39 is 0 Å². The van der Waals surface area contributed by atoms with E-state index in [0.717, 1.165) is 41.2 Å². The first kappa shape index (κ1) is 15.0. The summed E-state index contributed by atoms with van der Waals surface area (Å²) in [6, 6.07) is 6.33. The summed E-state index contributed by atoms with van der Waals surface area (Å²) in [6.07, 6.45) is 4.51. The van der Waals surface area contributed by atoms with Gasteiger partial charge in [-0.1, -0.05) is 22.0 Å². The van der Waals surface area contributed by atoms with Crippen molar-refractivity contribution in [2.24, 2.45) is 0 Å². The Hall–Kier alpha value is -0.350. The molecule has 1 heterocycles. The number of likely N-dealkylation sites (tertiary alicyclic amines) is 1. The van der Waals surface area contributed by atoms with Crippen LogP contribution in [-0.4, -0.2) is 28.7 Å². The average Bonchev–Trinajstić information content (AvgIpc) is 2.39. The number of benzene rings is 1. The normalized spacial score (nSPS) is 19.5. The van der Waals surface area contributed by atoms with Crippen LogP contribution in [0, 0.1) is 6.92 Å². The Morgan fingerprint density at radius 3 is 2.89 bits per heavy atom. The van der Waals surface area contributed by atoms with Crippen LogP contribution in [0.25, 0.3) is 0 Å². The molecule has 1 unspecified atom stereocenters. The third-order valence-corrected chi connectivity index (χ3v) is 4.80. The van der Waals surface area contributed by atoms with Crippen LogP contribution in [0.4, 0.5) is 0 Å². The van der Waals surface area contributed by atoms with Gasteiger partial charge in [0, 0.05) is 22.4 Å². The Balaban J connectivity index is 2.21. The summed E-state index contributed by atoms with van der Waals surface area (Å²) in [7, 11) is 0. The predicted octanol–water partition coefficient (Wildman–Crippen LogP) is 4.54. The van der Waals surface area contributed by atoms with Crippen LogP contribution in [0.3, 0.4) is 0 Å². The molecule has 104 valence electrons. The van der Waals surface area contributed by atoms with Crippen molar-refractivity contribution in [2.45, 2.75) is 38.6 Å². The van der Waals surface area contributed by atoms with Crippen molar-refractivity contribution in [2.75, 3.05) is 11.9 Å². The van der Waals surface area contributed by atoms with E-state index in [1.165, 1.54) is 12.0 Å². The first-order valence-corrected chi connectivity index (χ1v) is 8.68. The number of nitrogens with zero attached hydrogens (tertiary/aromatic N) is 1. The van der Waals surface area contributed by atoms with Gasteiger partial charge in [-0.05, 0) is 66.2 Å². The highest BCUT2D eigenvalue weighted by Crippen LogP contribution is 2.26. The number of carbonyl (C=O) groups is 1. The zero-order valence-corrected chi connectivity index (χ0v) is 14.3. The Bertz CT molecular complexity index is 459. The number of aryl methyl sites for hydroxylation is 1. The molecule has 0 bridgehead atoms. The molecule has 0 spiro atoms. The molecule has 0 saturated carbocycles. The quantitative estimate of drug-likeness (QED) is 0.696. The molecule has 2 nitrogen and oxygen atoms in total. The molecule has 0 aliphatic carbocycles. The molecular formula is C15H19Br2NO. The molecule has 2 rings (SSSR count). The fourth-order valence-electron chi connectivity index (χ4n) is 2.64. The summed E-state index contributed by atoms with van der Waals surface area (Å²) < 4.78 is 0.903. The third-order valence-electron chi connectivity index (χ3n) is 3.69. The van der Waals surface area contributed by atoms with Gasteiger partial charge >= 0.3 is 0 Å². The molecular weight excluding hydrogens is 370 g/mol. The summed E-state index contributed by atoms with van der Waals surface area (Å²) in [4.78, 5) is 14.8. The van der Waals surface area contributed by atoms with Crippen molar-refractivity contribution in [3.63, 3.8) is 0 Å². The maximum Gasteiger partial charge on any atom is 0.255 e. The van der Waals surface area contributed by atoms with Crippen LogP contribution in [0.2, 0.25) is 0 Å². The highest BCUT2D eigenvalue weighted by molar-refractivity contribution is 9.10. The number of alkyl halides is 1. The van der Waals surface area contributed by atoms with Gasteiger partial charge in [0.1, 0.15) is 0 Å². The van der Waals surface area contributed by atoms with Crippen LogP contribution in [0.15, 0.2) is 22.7 Å². The predicted molar refractivity (Wildman–Crippen MR) is 86.0 cm³/mol. The third kappa shape index (κ3) is 3.60. The molecule has 4 heteroatoms. The van der Waals surface area contributed by atoms with Crippen molar-refractivity contribution in [3.8, 4) is 0 Å². The molecule has 19 heavy (non-hydrogen) atoms. The van der Waals surface area contributed by atoms with E-state index >= 15 is 0 Å². The molecule has 1 aliphatic heterocycles. The molecule has 0 radical (unpaired) electrons. The number of amides is 1. The van der Waals surface area contributed by atoms with E-state index in [-0.39, 0.29) is 5.91 Å². The van der Waals surface area contributed by atoms with E-state index in [9.17, 15) is 4.79 Å². The molecule has 1 saturated heterocycles. The lowest BCUT2D eigenvalue weighted by molar-refractivity contribution is 0.0609. The van der Waals surface area contributed by atoms with Crippen LogP contribution in [-0.2, 0) is 0 Å². The van der Waals surface area contributed by atoms with Crippen molar-refractivity contribution in [3.05, 3.63) is 33.8 Å². The van der Waals surface area contributed by atoms with Crippen molar-refractivity contribution >= 4 is 37.8 Å². The number of hydrogen-bond donors (Lipinski definition) is 0. The van der Waals surface area contributed by atoms with E-state index in [1.54, 1.807) is 0 Å². The fourth-order valence-corrected chi connectivity index (χ4v) is 3.83. The summed E-state index contributed by atoms with van der Waals surface area (Å²) >= 11 is 7.01. The minimum atomic E-state index is 0.164. The van der Waals surface area contributed by atoms with E-state index in [2.05, 4.69) is 36.8 Å². The zero-order valence-electron chi connectivity index (χ0n) is 11.2. The number of hydrogen-bond acceptors (Lipinski definition) is 1. The van der Waals surface area contributed by atoms with Gasteiger partial charge in [-0.15, -0.1) is 0 Å². The average molecular weight is 389 g/mol. The van der Waals surface area contributed by atoms with Crippen LogP contribution in [0.5, 0.6) is 0 Å². The standard InChI is InChI=1S/C15H19Br2NO/c1-11-5-6-13(14(17)10-11)15(19)18-9-3-2-4-12(18)7-8-16/h5-6,10,12H,2-4,7-9H2,1H3. The molecule has 1 fully saturated rings. The number of halogens is 2. The highest BCUT2D eigenvalue weighted by atomic mass is 79.9. The molecule has 1 aliphatic rings. The van der Waals surface area contributed by atoms with Gasteiger partial charge in [0.15, 0.2) is 0 Å². The second-order valence-corrected chi connectivity index (χ2v) is 6.76. The van der Waals surface area contributed by atoms with Gasteiger partial charge in [-0.3, -0.25) is 4.79 Å². The van der Waals surface area contributed by atoms with Crippen molar-refractivity contribution in [1.82, 2.24) is 4.90 Å². The lowest BCUT2D eigenvalue weighted by Crippen LogP contribution is -2.44. The molecule has 0 aromatic heterocycles. The topological polar surface area (TPSA) is 20.3 Å². The van der Waals surface area contributed by atoms with Gasteiger partial charge in [-0.25, -0.2) is 0 Å². The summed E-state index contributed by atoms with van der Waals surface area (Å²) in [5.41, 5.74) is 1.95. The van der Waals surface area contributed by atoms with E-state index in [1.807, 2.05) is 25.1 Å². The van der Waals surface area contributed by atoms with E-state index in [0.29, 0.717) is 6.04 Å². The Kier molecular flexibility index (Phi) is 5.46. The summed E-state index contributed by atoms with van der Waals surface area (Å²) in [5.74, 6) is 0.164. The van der Waals surface area contributed by atoms with Crippen LogP contribution >= 0.6 is 31.9 Å². The van der Waals surface area contributed by atoms with Gasteiger partial charge in [0.05, 0.1) is 5.56 Å². The Labute approximate surface area is 131 Å². The molecule has 0 N–H and O–H groups in total. The summed E-state index contributed by atoms with van der Waals surface area (Å²) in [6.45, 7) is 2.92. The van der Waals surface area contributed by atoms with Crippen molar-refractivity contribution < 1.29 is 4.79 Å². The van der Waals surface area contributed by atoms with Gasteiger partial charge in [0.2, 0.25) is 0 Å². The second kappa shape index (κ2) is 6.89. The van der Waals surface area contributed by atoms with Gasteiger partial charge in [0.25, 0.3) is 5.91 Å². The van der Waals surface area contributed by atoms with Crippen molar-refractivity contribution in [1.29, 1.82) is 0 Å². The first-order chi connectivity index (χ1) is 9.13. The first-order valence-electron chi connectivity index (χ1n) is 6.76. The largest absolute Gasteiger partial charge is 0.336 e. The highest BCUT2D eigenvalue weighted by Gasteiger charge is 2.27. The van der Waals surface area contributed by atoms with Gasteiger partial charge < -0.3 is 4.90 Å². The maximum atomic E-state index is 12.7. The molecule has 1 amide bonds. The van der Waals surface area contributed by atoms with Gasteiger partial charge in [-0.2, -0.15) is 0 Å². The lowest BCUT2D eigenvalue weighted by atomic mass is 9.98. The number of piperidine rings is 1. The Morgan fingerprint density at radius 2 is 2.21 bits per heavy atom. The molecule has 1 aromatic carbocycles. The fraction of sp³-hybridized carbons (Fsp3) is 0.533. The molecule has 1 aromatic rings. The van der Waals surface area contributed by atoms with Crippen LogP contribution < -0.4 is 0 Å². The lowest BCUT2D eigenvalue weighted by Gasteiger charge is -2.36. The minimum absolute atomic E-state index is 0.164. The smallest absolute Gasteiger partial charge is 0.255 e. The zero-order chi connectivity index (χ0) is 13.8. The number of carbonyl (C=O) groups excluding carboxylic acids is 1. The van der Waals surface area contributed by atoms with E-state index in [4.69, 9.17) is 0 Å². The summed E-state index contributed by atoms with van der Waals surface area (Å²) in [5, 5.41) is 0.955. The number of rotatable bonds is 3. The van der Waals surface area contributed by atoms with Crippen LogP contribution in [0.1, 0.15) is 41.6 Å². The monoisotopic (exact) mass is 387 g/mol. The minimum Gasteiger partial charge on any atom is -0.336 e.